The molecular weight excluding hydrogens is 310 g/mol. The third kappa shape index (κ3) is 4.97. The summed E-state index contributed by atoms with van der Waals surface area (Å²) in [4.78, 5) is 25.8. The van der Waals surface area contributed by atoms with Crippen molar-refractivity contribution in [1.29, 1.82) is 0 Å². The van der Waals surface area contributed by atoms with Gasteiger partial charge in [0.15, 0.2) is 0 Å². The fraction of sp³-hybridized carbons (Fsp3) is 0.529. The van der Waals surface area contributed by atoms with E-state index >= 15 is 0 Å². The Morgan fingerprint density at radius 1 is 1.43 bits per heavy atom. The first-order valence-electron chi connectivity index (χ1n) is 7.94. The predicted molar refractivity (Wildman–Crippen MR) is 95.2 cm³/mol. The highest BCUT2D eigenvalue weighted by atomic mass is 32.2. The Morgan fingerprint density at radius 2 is 2.17 bits per heavy atom. The van der Waals surface area contributed by atoms with Crippen molar-refractivity contribution < 1.29 is 9.59 Å². The number of para-hydroxylation sites is 1. The number of hydrogen-bond acceptors (Lipinski definition) is 4. The van der Waals surface area contributed by atoms with Gasteiger partial charge in [-0.05, 0) is 44.2 Å². The number of hydrogen-bond donors (Lipinski definition) is 2. The van der Waals surface area contributed by atoms with E-state index in [-0.39, 0.29) is 23.0 Å². The van der Waals surface area contributed by atoms with Crippen LogP contribution in [0, 0.1) is 5.92 Å². The molecule has 1 aromatic carbocycles. The van der Waals surface area contributed by atoms with Gasteiger partial charge in [-0.2, -0.15) is 11.8 Å². The molecule has 0 spiro atoms. The second-order valence-electron chi connectivity index (χ2n) is 6.00. The Hall–Kier alpha value is -1.53. The van der Waals surface area contributed by atoms with Crippen LogP contribution < -0.4 is 11.1 Å². The van der Waals surface area contributed by atoms with Crippen molar-refractivity contribution in [3.05, 3.63) is 29.8 Å². The number of carbonyl (C=O) groups excluding carboxylic acids is 2. The minimum atomic E-state index is -0.218. The van der Waals surface area contributed by atoms with Crippen molar-refractivity contribution in [2.45, 2.75) is 31.6 Å². The number of anilines is 1. The zero-order valence-corrected chi connectivity index (χ0v) is 14.6. The Bertz CT molecular complexity index is 565. The van der Waals surface area contributed by atoms with Crippen LogP contribution in [-0.4, -0.2) is 41.3 Å². The molecule has 0 saturated carbocycles. The summed E-state index contributed by atoms with van der Waals surface area (Å²) in [6.45, 7) is 4.25. The van der Waals surface area contributed by atoms with Gasteiger partial charge in [0.2, 0.25) is 11.8 Å². The molecule has 1 saturated heterocycles. The molecule has 1 heterocycles. The third-order valence-corrected chi connectivity index (χ3v) is 5.22. The molecule has 6 heteroatoms. The lowest BCUT2D eigenvalue weighted by molar-refractivity contribution is -0.123. The average Bonchev–Trinajstić information content (AvgIpc) is 2.56. The number of primary amides is 1. The number of piperidine rings is 1. The minimum absolute atomic E-state index is 0.0126. The lowest BCUT2D eigenvalue weighted by Gasteiger charge is -2.31. The number of nitrogens with two attached hydrogens (primary N) is 1. The summed E-state index contributed by atoms with van der Waals surface area (Å²) in [5, 5.41) is 2.92. The molecule has 126 valence electrons. The minimum Gasteiger partial charge on any atom is -0.369 e. The zero-order chi connectivity index (χ0) is 16.8. The van der Waals surface area contributed by atoms with Crippen LogP contribution in [0.4, 0.5) is 5.69 Å². The summed E-state index contributed by atoms with van der Waals surface area (Å²) in [5.41, 5.74) is 7.36. The van der Waals surface area contributed by atoms with Gasteiger partial charge in [0.05, 0.1) is 11.2 Å². The van der Waals surface area contributed by atoms with E-state index in [4.69, 9.17) is 5.73 Å². The van der Waals surface area contributed by atoms with Crippen LogP contribution in [0.25, 0.3) is 0 Å². The number of rotatable bonds is 6. The highest BCUT2D eigenvalue weighted by Crippen LogP contribution is 2.22. The summed E-state index contributed by atoms with van der Waals surface area (Å²) in [7, 11) is 0. The van der Waals surface area contributed by atoms with Gasteiger partial charge in [0.25, 0.3) is 0 Å². The first-order chi connectivity index (χ1) is 11.0. The number of amides is 2. The van der Waals surface area contributed by atoms with Crippen LogP contribution in [0.1, 0.15) is 25.3 Å². The molecule has 0 aliphatic carbocycles. The topological polar surface area (TPSA) is 75.4 Å². The quantitative estimate of drug-likeness (QED) is 0.834. The van der Waals surface area contributed by atoms with E-state index < -0.39 is 0 Å². The molecule has 1 aliphatic heterocycles. The molecule has 0 aromatic heterocycles. The summed E-state index contributed by atoms with van der Waals surface area (Å²) < 4.78 is 0. The molecule has 2 atom stereocenters. The molecule has 2 rings (SSSR count). The van der Waals surface area contributed by atoms with E-state index in [9.17, 15) is 9.59 Å². The fourth-order valence-electron chi connectivity index (χ4n) is 2.79. The van der Waals surface area contributed by atoms with Gasteiger partial charge < -0.3 is 11.1 Å². The number of nitrogens with zero attached hydrogens (tertiary/aromatic N) is 1. The third-order valence-electron chi connectivity index (χ3n) is 4.30. The van der Waals surface area contributed by atoms with E-state index in [0.29, 0.717) is 13.1 Å². The smallest absolute Gasteiger partial charge is 0.237 e. The van der Waals surface area contributed by atoms with Gasteiger partial charge in [0, 0.05) is 18.8 Å². The van der Waals surface area contributed by atoms with Gasteiger partial charge in [-0.15, -0.1) is 0 Å². The second kappa shape index (κ2) is 8.36. The molecule has 0 radical (unpaired) electrons. The van der Waals surface area contributed by atoms with Crippen molar-refractivity contribution in [1.82, 2.24) is 4.90 Å². The van der Waals surface area contributed by atoms with Gasteiger partial charge in [0.1, 0.15) is 0 Å². The van der Waals surface area contributed by atoms with Crippen LogP contribution in [0.3, 0.4) is 0 Å². The predicted octanol–water partition coefficient (Wildman–Crippen LogP) is 2.07. The number of thioether (sulfide) groups is 1. The van der Waals surface area contributed by atoms with Crippen molar-refractivity contribution >= 4 is 29.3 Å². The highest BCUT2D eigenvalue weighted by Gasteiger charge is 2.24. The van der Waals surface area contributed by atoms with Crippen LogP contribution >= 0.6 is 11.8 Å². The molecule has 3 N–H and O–H groups in total. The number of nitrogens with one attached hydrogen (secondary N) is 1. The lowest BCUT2D eigenvalue weighted by Crippen LogP contribution is -2.40. The van der Waals surface area contributed by atoms with E-state index in [1.807, 2.05) is 37.4 Å². The van der Waals surface area contributed by atoms with Gasteiger partial charge in [-0.3, -0.25) is 14.5 Å². The molecular formula is C17H25N3O2S. The van der Waals surface area contributed by atoms with E-state index in [1.54, 1.807) is 0 Å². The zero-order valence-electron chi connectivity index (χ0n) is 13.7. The van der Waals surface area contributed by atoms with Crippen molar-refractivity contribution in [3.63, 3.8) is 0 Å². The van der Waals surface area contributed by atoms with Crippen LogP contribution in [0.5, 0.6) is 0 Å². The highest BCUT2D eigenvalue weighted by molar-refractivity contribution is 7.99. The first-order valence-corrected chi connectivity index (χ1v) is 9.23. The first kappa shape index (κ1) is 17.8. The summed E-state index contributed by atoms with van der Waals surface area (Å²) in [6.07, 6.45) is 3.77. The Balaban J connectivity index is 2.05. The van der Waals surface area contributed by atoms with Crippen LogP contribution in [0.15, 0.2) is 24.3 Å². The second-order valence-corrected chi connectivity index (χ2v) is 7.18. The van der Waals surface area contributed by atoms with Gasteiger partial charge in [-0.25, -0.2) is 0 Å². The molecule has 0 bridgehead atoms. The summed E-state index contributed by atoms with van der Waals surface area (Å²) in [6, 6.07) is 7.84. The fourth-order valence-corrected chi connectivity index (χ4v) is 3.07. The lowest BCUT2D eigenvalue weighted by atomic mass is 9.97. The molecule has 1 aliphatic rings. The average molecular weight is 335 g/mol. The summed E-state index contributed by atoms with van der Waals surface area (Å²) in [5.74, 6) is -0.272. The largest absolute Gasteiger partial charge is 0.369 e. The number of likely N-dealkylation sites (tertiary alicyclic amines) is 1. The van der Waals surface area contributed by atoms with Crippen molar-refractivity contribution in [2.75, 3.05) is 24.7 Å². The molecule has 23 heavy (non-hydrogen) atoms. The maximum Gasteiger partial charge on any atom is 0.237 e. The SMILES string of the molecule is CS[C@@H](C)C(=O)Nc1ccccc1CN1CCC[C@@H](C(N)=O)C1. The number of carbonyl (C=O) groups is 2. The molecule has 1 aromatic rings. The van der Waals surface area contributed by atoms with Crippen LogP contribution in [0.2, 0.25) is 0 Å². The van der Waals surface area contributed by atoms with Crippen LogP contribution in [-0.2, 0) is 16.1 Å². The Labute approximate surface area is 142 Å². The van der Waals surface area contributed by atoms with E-state index in [2.05, 4.69) is 10.2 Å². The maximum atomic E-state index is 12.1. The number of benzene rings is 1. The van der Waals surface area contributed by atoms with E-state index in [0.717, 1.165) is 30.6 Å². The molecule has 1 fully saturated rings. The monoisotopic (exact) mass is 335 g/mol. The van der Waals surface area contributed by atoms with Crippen molar-refractivity contribution in [3.8, 4) is 0 Å². The standard InChI is InChI=1S/C17H25N3O2S/c1-12(23-2)17(22)19-15-8-4-3-6-13(15)10-20-9-5-7-14(11-20)16(18)21/h3-4,6,8,12,14H,5,7,9-11H2,1-2H3,(H2,18,21)(H,19,22)/t12-,14+/m0/s1. The Kier molecular flexibility index (Phi) is 6.47. The summed E-state index contributed by atoms with van der Waals surface area (Å²) >= 11 is 1.52. The van der Waals surface area contributed by atoms with Gasteiger partial charge >= 0.3 is 0 Å². The molecule has 5 nitrogen and oxygen atoms in total. The van der Waals surface area contributed by atoms with Gasteiger partial charge in [-0.1, -0.05) is 18.2 Å². The normalized spacial score (nSPS) is 20.0. The molecule has 0 unspecified atom stereocenters. The maximum absolute atomic E-state index is 12.1. The van der Waals surface area contributed by atoms with Crippen molar-refractivity contribution in [2.24, 2.45) is 11.7 Å². The van der Waals surface area contributed by atoms with E-state index in [1.165, 1.54) is 11.8 Å². The Morgan fingerprint density at radius 3 is 2.87 bits per heavy atom. The molecule has 2 amide bonds.